The van der Waals surface area contributed by atoms with Crippen molar-refractivity contribution < 1.29 is 32.6 Å². The van der Waals surface area contributed by atoms with Gasteiger partial charge in [-0.1, -0.05) is 11.6 Å². The van der Waals surface area contributed by atoms with E-state index in [1.54, 1.807) is 6.92 Å². The van der Waals surface area contributed by atoms with Crippen LogP contribution in [0.5, 0.6) is 5.75 Å². The Morgan fingerprint density at radius 1 is 1.24 bits per heavy atom. The number of rotatable bonds is 8. The van der Waals surface area contributed by atoms with E-state index in [0.29, 0.717) is 31.6 Å². The Labute approximate surface area is 197 Å². The predicted octanol–water partition coefficient (Wildman–Crippen LogP) is 3.63. The van der Waals surface area contributed by atoms with Crippen molar-refractivity contribution in [3.05, 3.63) is 47.0 Å². The number of aromatic carboxylic acids is 1. The van der Waals surface area contributed by atoms with Crippen molar-refractivity contribution >= 4 is 44.9 Å². The van der Waals surface area contributed by atoms with Gasteiger partial charge < -0.3 is 19.5 Å². The molecular formula is C22H25ClN2O7S. The summed E-state index contributed by atoms with van der Waals surface area (Å²) in [5.74, 6) is -1.79. The fourth-order valence-electron chi connectivity index (χ4n) is 3.74. The van der Waals surface area contributed by atoms with Crippen molar-refractivity contribution in [2.24, 2.45) is 5.92 Å². The van der Waals surface area contributed by atoms with Crippen molar-refractivity contribution in [2.75, 3.05) is 36.4 Å². The van der Waals surface area contributed by atoms with Gasteiger partial charge >= 0.3 is 11.9 Å². The summed E-state index contributed by atoms with van der Waals surface area (Å²) in [6, 6.07) is 8.36. The molecule has 2 N–H and O–H groups in total. The van der Waals surface area contributed by atoms with E-state index in [-0.39, 0.29) is 45.4 Å². The Kier molecular flexibility index (Phi) is 7.70. The van der Waals surface area contributed by atoms with Crippen LogP contribution in [0.15, 0.2) is 41.3 Å². The number of nitrogens with one attached hydrogen (secondary N) is 1. The fourth-order valence-corrected chi connectivity index (χ4v) is 5.23. The van der Waals surface area contributed by atoms with Gasteiger partial charge in [-0.3, -0.25) is 9.52 Å². The first kappa shape index (κ1) is 24.7. The van der Waals surface area contributed by atoms with Gasteiger partial charge in [0.25, 0.3) is 10.0 Å². The molecule has 1 fully saturated rings. The minimum atomic E-state index is -4.19. The molecule has 0 aromatic heterocycles. The number of benzene rings is 2. The molecule has 0 amide bonds. The second kappa shape index (κ2) is 10.3. The third-order valence-electron chi connectivity index (χ3n) is 5.29. The van der Waals surface area contributed by atoms with Gasteiger partial charge in [-0.2, -0.15) is 0 Å². The molecule has 1 aliphatic rings. The SMILES string of the molecule is CCOC(=O)[C@@H]1CCCN(c2ccc(C(=O)O)cc2NS(=O)(=O)c2cc(Cl)ccc2OC)C1. The van der Waals surface area contributed by atoms with Crippen LogP contribution in [0.25, 0.3) is 0 Å². The van der Waals surface area contributed by atoms with Gasteiger partial charge in [0.05, 0.1) is 36.6 Å². The molecule has 2 aromatic carbocycles. The van der Waals surface area contributed by atoms with Crippen LogP contribution in [0, 0.1) is 5.92 Å². The summed E-state index contributed by atoms with van der Waals surface area (Å²) in [6.07, 6.45) is 1.35. The third-order valence-corrected chi connectivity index (χ3v) is 6.91. The average molecular weight is 497 g/mol. The van der Waals surface area contributed by atoms with E-state index < -0.39 is 16.0 Å². The molecule has 3 rings (SSSR count). The number of carboxylic acid groups (broad SMARTS) is 1. The lowest BCUT2D eigenvalue weighted by molar-refractivity contribution is -0.148. The van der Waals surface area contributed by atoms with Gasteiger partial charge in [-0.25, -0.2) is 13.2 Å². The Morgan fingerprint density at radius 2 is 2.00 bits per heavy atom. The zero-order chi connectivity index (χ0) is 24.2. The van der Waals surface area contributed by atoms with Crippen molar-refractivity contribution in [1.29, 1.82) is 0 Å². The number of carbonyl (C=O) groups excluding carboxylic acids is 1. The number of sulfonamides is 1. The Hall–Kier alpha value is -2.98. The Balaban J connectivity index is 2.01. The van der Waals surface area contributed by atoms with Crippen molar-refractivity contribution in [3.8, 4) is 5.75 Å². The van der Waals surface area contributed by atoms with Crippen LogP contribution in [0.2, 0.25) is 5.02 Å². The molecule has 0 unspecified atom stereocenters. The summed E-state index contributed by atoms with van der Waals surface area (Å²) in [5, 5.41) is 9.63. The molecular weight excluding hydrogens is 472 g/mol. The van der Waals surface area contributed by atoms with Crippen LogP contribution in [0.1, 0.15) is 30.1 Å². The summed E-state index contributed by atoms with van der Waals surface area (Å²) < 4.78 is 39.2. The molecule has 1 atom stereocenters. The number of esters is 1. The van der Waals surface area contributed by atoms with Crippen LogP contribution in [-0.2, 0) is 19.6 Å². The van der Waals surface area contributed by atoms with Gasteiger partial charge in [0.15, 0.2) is 0 Å². The summed E-state index contributed by atoms with van der Waals surface area (Å²) in [4.78, 5) is 25.5. The number of nitrogens with zero attached hydrogens (tertiary/aromatic N) is 1. The van der Waals surface area contributed by atoms with Gasteiger partial charge in [-0.05, 0) is 56.2 Å². The standard InChI is InChI=1S/C22H25ClN2O7S/c1-3-32-22(28)15-5-4-10-25(13-15)18-8-6-14(21(26)27)11-17(18)24-33(29,30)20-12-16(23)7-9-19(20)31-2/h6-9,11-12,15,24H,3-5,10,13H2,1-2H3,(H,26,27)/t15-/m1/s1. The summed E-state index contributed by atoms with van der Waals surface area (Å²) in [6.45, 7) is 2.90. The largest absolute Gasteiger partial charge is 0.495 e. The first-order valence-electron chi connectivity index (χ1n) is 10.3. The first-order chi connectivity index (χ1) is 15.7. The fraction of sp³-hybridized carbons (Fsp3) is 0.364. The number of methoxy groups -OCH3 is 1. The molecule has 0 spiro atoms. The van der Waals surface area contributed by atoms with Crippen LogP contribution in [-0.4, -0.2) is 52.3 Å². The van der Waals surface area contributed by atoms with E-state index in [0.717, 1.165) is 0 Å². The van der Waals surface area contributed by atoms with Gasteiger partial charge in [0.1, 0.15) is 10.6 Å². The first-order valence-corrected chi connectivity index (χ1v) is 12.2. The summed E-state index contributed by atoms with van der Waals surface area (Å²) >= 11 is 6.00. The van der Waals surface area contributed by atoms with E-state index in [9.17, 15) is 23.1 Å². The highest BCUT2D eigenvalue weighted by Crippen LogP contribution is 2.35. The number of carbonyl (C=O) groups is 2. The van der Waals surface area contributed by atoms with Crippen LogP contribution in [0.4, 0.5) is 11.4 Å². The third kappa shape index (κ3) is 5.69. The summed E-state index contributed by atoms with van der Waals surface area (Å²) in [5.41, 5.74) is 0.438. The van der Waals surface area contributed by atoms with Crippen LogP contribution in [0.3, 0.4) is 0 Å². The highest BCUT2D eigenvalue weighted by molar-refractivity contribution is 7.92. The lowest BCUT2D eigenvalue weighted by Gasteiger charge is -2.34. The molecule has 11 heteroatoms. The average Bonchev–Trinajstić information content (AvgIpc) is 2.79. The predicted molar refractivity (Wildman–Crippen MR) is 124 cm³/mol. The highest BCUT2D eigenvalue weighted by Gasteiger charge is 2.29. The monoisotopic (exact) mass is 496 g/mol. The van der Waals surface area contributed by atoms with Gasteiger partial charge in [-0.15, -0.1) is 0 Å². The maximum atomic E-state index is 13.2. The number of hydrogen-bond acceptors (Lipinski definition) is 7. The molecule has 9 nitrogen and oxygen atoms in total. The van der Waals surface area contributed by atoms with Gasteiger partial charge in [0.2, 0.25) is 0 Å². The van der Waals surface area contributed by atoms with E-state index in [4.69, 9.17) is 21.1 Å². The lowest BCUT2D eigenvalue weighted by Crippen LogP contribution is -2.39. The molecule has 33 heavy (non-hydrogen) atoms. The molecule has 0 aliphatic carbocycles. The quantitative estimate of drug-likeness (QED) is 0.531. The Bertz CT molecular complexity index is 1150. The minimum Gasteiger partial charge on any atom is -0.495 e. The van der Waals surface area contributed by atoms with Crippen molar-refractivity contribution in [3.63, 3.8) is 0 Å². The highest BCUT2D eigenvalue weighted by atomic mass is 35.5. The molecule has 1 heterocycles. The number of piperidine rings is 1. The zero-order valence-corrected chi connectivity index (χ0v) is 19.8. The molecule has 0 bridgehead atoms. The molecule has 2 aromatic rings. The van der Waals surface area contributed by atoms with E-state index in [1.807, 2.05) is 4.90 Å². The van der Waals surface area contributed by atoms with E-state index in [1.165, 1.54) is 43.5 Å². The molecule has 178 valence electrons. The van der Waals surface area contributed by atoms with Crippen LogP contribution >= 0.6 is 11.6 Å². The van der Waals surface area contributed by atoms with Crippen molar-refractivity contribution in [1.82, 2.24) is 0 Å². The van der Waals surface area contributed by atoms with Crippen LogP contribution < -0.4 is 14.4 Å². The number of ether oxygens (including phenoxy) is 2. The summed E-state index contributed by atoms with van der Waals surface area (Å²) in [7, 11) is -2.86. The normalized spacial score (nSPS) is 16.2. The maximum Gasteiger partial charge on any atom is 0.335 e. The van der Waals surface area contributed by atoms with Gasteiger partial charge in [0, 0.05) is 18.1 Å². The molecule has 0 saturated carbocycles. The lowest BCUT2D eigenvalue weighted by atomic mass is 9.97. The number of hydrogen-bond donors (Lipinski definition) is 2. The van der Waals surface area contributed by atoms with E-state index >= 15 is 0 Å². The number of halogens is 1. The Morgan fingerprint density at radius 3 is 2.67 bits per heavy atom. The van der Waals surface area contributed by atoms with Crippen molar-refractivity contribution in [2.45, 2.75) is 24.7 Å². The second-order valence-corrected chi connectivity index (χ2v) is 9.56. The number of carboxylic acids is 1. The maximum absolute atomic E-state index is 13.2. The van der Waals surface area contributed by atoms with E-state index in [2.05, 4.69) is 4.72 Å². The minimum absolute atomic E-state index is 0.0708. The zero-order valence-electron chi connectivity index (χ0n) is 18.2. The topological polar surface area (TPSA) is 122 Å². The number of anilines is 2. The molecule has 0 radical (unpaired) electrons. The molecule has 1 aliphatic heterocycles. The second-order valence-electron chi connectivity index (χ2n) is 7.47. The smallest absolute Gasteiger partial charge is 0.335 e. The molecule has 1 saturated heterocycles.